The molecule has 1 unspecified atom stereocenters. The van der Waals surface area contributed by atoms with E-state index in [9.17, 15) is 32.7 Å². The Labute approximate surface area is 301 Å². The van der Waals surface area contributed by atoms with Crippen LogP contribution in [-0.2, 0) is 33.8 Å². The van der Waals surface area contributed by atoms with E-state index in [0.717, 1.165) is 52.8 Å². The molecule has 4 N–H and O–H groups in total. The van der Waals surface area contributed by atoms with Gasteiger partial charge in [0.05, 0.1) is 12.6 Å². The first kappa shape index (κ1) is 37.1. The average Bonchev–Trinajstić information content (AvgIpc) is 3.98. The largest absolute Gasteiger partial charge is 0.488 e. The van der Waals surface area contributed by atoms with Gasteiger partial charge < -0.3 is 30.7 Å². The van der Waals surface area contributed by atoms with Gasteiger partial charge in [0.25, 0.3) is 5.91 Å². The lowest BCUT2D eigenvalue weighted by molar-refractivity contribution is -0.134. The molecule has 9 nitrogen and oxygen atoms in total. The van der Waals surface area contributed by atoms with Gasteiger partial charge >= 0.3 is 0 Å². The number of nitrogens with two attached hydrogens (primary N) is 1. The van der Waals surface area contributed by atoms with Gasteiger partial charge in [-0.2, -0.15) is 4.39 Å². The molecule has 3 aliphatic rings. The number of aryl methyl sites for hydroxylation is 1. The Morgan fingerprint density at radius 1 is 0.904 bits per heavy atom. The average molecular weight is 719 g/mol. The summed E-state index contributed by atoms with van der Waals surface area (Å²) in [6.07, 6.45) is 4.53. The van der Waals surface area contributed by atoms with E-state index in [1.807, 2.05) is 53.4 Å². The number of piperazine rings is 1. The molecular weight excluding hydrogens is 673 g/mol. The third kappa shape index (κ3) is 8.85. The Balaban J connectivity index is 1.24. The number of hydrogen-bond donors (Lipinski definition) is 3. The zero-order valence-corrected chi connectivity index (χ0v) is 29.1. The van der Waals surface area contributed by atoms with Crippen LogP contribution in [0.3, 0.4) is 0 Å². The smallest absolute Gasteiger partial charge is 0.252 e. The van der Waals surface area contributed by atoms with Gasteiger partial charge in [-0.1, -0.05) is 48.5 Å². The summed E-state index contributed by atoms with van der Waals surface area (Å²) in [7, 11) is 0. The molecule has 3 amide bonds. The molecule has 0 aromatic heterocycles. The van der Waals surface area contributed by atoms with Gasteiger partial charge in [-0.05, 0) is 84.9 Å². The predicted molar refractivity (Wildman–Crippen MR) is 189 cm³/mol. The number of amides is 3. The van der Waals surface area contributed by atoms with Gasteiger partial charge in [-0.15, -0.1) is 0 Å². The summed E-state index contributed by atoms with van der Waals surface area (Å²) in [6.45, 7) is 1.21. The highest BCUT2D eigenvalue weighted by molar-refractivity contribution is 6.03. The highest BCUT2D eigenvalue weighted by atomic mass is 19.2. The van der Waals surface area contributed by atoms with Gasteiger partial charge in [0, 0.05) is 56.7 Å². The molecule has 1 saturated heterocycles. The number of fused-ring (bicyclic) bond motifs is 2. The number of carbonyl (C=O) groups is 3. The molecular formula is C40H45F3N4O5. The van der Waals surface area contributed by atoms with Crippen LogP contribution in [0.2, 0.25) is 0 Å². The van der Waals surface area contributed by atoms with Gasteiger partial charge in [0.1, 0.15) is 0 Å². The quantitative estimate of drug-likeness (QED) is 0.144. The number of ether oxygens (including phenoxy) is 1. The summed E-state index contributed by atoms with van der Waals surface area (Å²) >= 11 is 0. The molecule has 276 valence electrons. The zero-order valence-electron chi connectivity index (χ0n) is 29.1. The second-order valence-corrected chi connectivity index (χ2v) is 13.9. The number of nitrogens with one attached hydrogen (secondary N) is 1. The molecule has 2 fully saturated rings. The number of halogens is 3. The van der Waals surface area contributed by atoms with E-state index in [4.69, 9.17) is 10.5 Å². The van der Waals surface area contributed by atoms with Crippen molar-refractivity contribution in [1.82, 2.24) is 15.1 Å². The van der Waals surface area contributed by atoms with Crippen LogP contribution in [0.15, 0.2) is 66.2 Å². The molecule has 52 heavy (non-hydrogen) atoms. The Morgan fingerprint density at radius 2 is 1.63 bits per heavy atom. The zero-order chi connectivity index (χ0) is 36.8. The van der Waals surface area contributed by atoms with E-state index in [1.165, 1.54) is 0 Å². The van der Waals surface area contributed by atoms with Crippen LogP contribution < -0.4 is 15.8 Å². The van der Waals surface area contributed by atoms with Crippen LogP contribution in [0.4, 0.5) is 13.2 Å². The van der Waals surface area contributed by atoms with Gasteiger partial charge in [0.2, 0.25) is 17.6 Å². The lowest BCUT2D eigenvalue weighted by atomic mass is 9.82. The van der Waals surface area contributed by atoms with Crippen LogP contribution in [0, 0.1) is 17.5 Å². The first-order valence-electron chi connectivity index (χ1n) is 18.0. The molecule has 12 heteroatoms. The minimum Gasteiger partial charge on any atom is -0.488 e. The topological polar surface area (TPSA) is 125 Å². The van der Waals surface area contributed by atoms with Crippen LogP contribution >= 0.6 is 0 Å². The van der Waals surface area contributed by atoms with Gasteiger partial charge in [-0.25, -0.2) is 8.78 Å². The number of aliphatic hydroxyl groups is 1. The molecule has 2 bridgehead atoms. The molecule has 0 spiro atoms. The number of aliphatic hydroxyl groups excluding tert-OH is 1. The second kappa shape index (κ2) is 16.8. The Hall–Kier alpha value is -4.68. The van der Waals surface area contributed by atoms with E-state index in [1.54, 1.807) is 4.90 Å². The fourth-order valence-corrected chi connectivity index (χ4v) is 7.27. The van der Waals surface area contributed by atoms with Crippen molar-refractivity contribution in [2.24, 2.45) is 5.73 Å². The standard InChI is InChI=1S/C40H45F3N4O5/c41-32-16-17-33(42)39(38(32)43)52-20-4-5-25-10-12-27(13-11-25)31-21-29-23-46(36(50)9-3-8-35(44)49)24-34(45-29)37(31)40(51)47(30-14-15-30)22-28-7-2-1-6-26(28)18-19-48/h1-2,6-7,10-13,16-17,29-30,34,45,48H,3-5,8-9,14-15,18-24H2,(H2,44,49)/t29?,34-/m1/s1. The van der Waals surface area contributed by atoms with E-state index >= 15 is 0 Å². The summed E-state index contributed by atoms with van der Waals surface area (Å²) in [4.78, 5) is 43.1. The van der Waals surface area contributed by atoms with Crippen molar-refractivity contribution >= 4 is 23.3 Å². The Bertz CT molecular complexity index is 1810. The molecule has 1 aliphatic carbocycles. The van der Waals surface area contributed by atoms with Crippen LogP contribution in [-0.4, -0.2) is 77.1 Å². The first-order valence-corrected chi connectivity index (χ1v) is 18.0. The molecule has 1 saturated carbocycles. The maximum absolute atomic E-state index is 14.8. The highest BCUT2D eigenvalue weighted by Gasteiger charge is 2.43. The fourth-order valence-electron chi connectivity index (χ4n) is 7.27. The van der Waals surface area contributed by atoms with E-state index in [2.05, 4.69) is 5.32 Å². The lowest BCUT2D eigenvalue weighted by Crippen LogP contribution is -2.62. The minimum absolute atomic E-state index is 0.00589. The fraction of sp³-hybridized carbons (Fsp3) is 0.425. The molecule has 6 rings (SSSR count). The number of nitrogens with zero attached hydrogens (tertiary/aromatic N) is 2. The molecule has 2 aliphatic heterocycles. The number of carbonyl (C=O) groups excluding carboxylic acids is 3. The Morgan fingerprint density at radius 3 is 2.35 bits per heavy atom. The summed E-state index contributed by atoms with van der Waals surface area (Å²) < 4.78 is 46.7. The Kier molecular flexibility index (Phi) is 12.0. The summed E-state index contributed by atoms with van der Waals surface area (Å²) in [6, 6.07) is 16.9. The molecule has 3 aromatic carbocycles. The van der Waals surface area contributed by atoms with Crippen molar-refractivity contribution in [3.8, 4) is 5.75 Å². The lowest BCUT2D eigenvalue weighted by Gasteiger charge is -2.45. The second-order valence-electron chi connectivity index (χ2n) is 13.9. The molecule has 2 heterocycles. The number of primary amides is 1. The van der Waals surface area contributed by atoms with Crippen molar-refractivity contribution in [3.05, 3.63) is 106 Å². The maximum Gasteiger partial charge on any atom is 0.252 e. The predicted octanol–water partition coefficient (Wildman–Crippen LogP) is 4.82. The van der Waals surface area contributed by atoms with E-state index in [0.29, 0.717) is 57.3 Å². The molecule has 2 atom stereocenters. The van der Waals surface area contributed by atoms with Crippen molar-refractivity contribution in [3.63, 3.8) is 0 Å². The third-order valence-electron chi connectivity index (χ3n) is 10.1. The minimum atomic E-state index is -1.35. The SMILES string of the molecule is NC(=O)CCCC(=O)N1CC2CC(c3ccc(CCCOc4c(F)ccc(F)c4F)cc3)=C(C(=O)N(Cc3ccccc3CCO)C3CC3)[C@@H](C1)N2. The van der Waals surface area contributed by atoms with Crippen molar-refractivity contribution in [2.45, 2.75) is 82.5 Å². The molecule has 0 radical (unpaired) electrons. The third-order valence-corrected chi connectivity index (χ3v) is 10.1. The van der Waals surface area contributed by atoms with Crippen molar-refractivity contribution < 1.29 is 37.4 Å². The van der Waals surface area contributed by atoms with Crippen LogP contribution in [0.1, 0.15) is 67.2 Å². The number of rotatable bonds is 16. The summed E-state index contributed by atoms with van der Waals surface area (Å²) in [5, 5.41) is 13.3. The summed E-state index contributed by atoms with van der Waals surface area (Å²) in [5.41, 5.74) is 10.7. The number of hydrogen-bond acceptors (Lipinski definition) is 6. The van der Waals surface area contributed by atoms with Gasteiger partial charge in [-0.3, -0.25) is 14.4 Å². The monoisotopic (exact) mass is 718 g/mol. The van der Waals surface area contributed by atoms with Crippen LogP contribution in [0.5, 0.6) is 5.75 Å². The highest BCUT2D eigenvalue weighted by Crippen LogP contribution is 2.38. The summed E-state index contributed by atoms with van der Waals surface area (Å²) in [5.74, 6) is -4.79. The first-order chi connectivity index (χ1) is 25.1. The van der Waals surface area contributed by atoms with Crippen molar-refractivity contribution in [1.29, 1.82) is 0 Å². The van der Waals surface area contributed by atoms with Gasteiger partial charge in [0.15, 0.2) is 17.4 Å². The maximum atomic E-state index is 14.8. The number of benzene rings is 3. The molecule has 3 aromatic rings. The normalized spacial score (nSPS) is 18.3. The van der Waals surface area contributed by atoms with Crippen LogP contribution in [0.25, 0.3) is 5.57 Å². The van der Waals surface area contributed by atoms with E-state index in [-0.39, 0.29) is 50.0 Å². The van der Waals surface area contributed by atoms with E-state index < -0.39 is 35.2 Å². The van der Waals surface area contributed by atoms with Crippen molar-refractivity contribution in [2.75, 3.05) is 26.3 Å².